The maximum absolute atomic E-state index is 12.1. The number of methoxy groups -OCH3 is 1. The number of nitrogens with one attached hydrogen (secondary N) is 1. The third-order valence-corrected chi connectivity index (χ3v) is 4.26. The van der Waals surface area contributed by atoms with E-state index in [0.717, 1.165) is 43.6 Å². The normalized spacial score (nSPS) is 14.7. The van der Waals surface area contributed by atoms with Crippen molar-refractivity contribution in [3.63, 3.8) is 0 Å². The Balaban J connectivity index is 0.00000242. The Bertz CT molecular complexity index is 463. The molecule has 1 aromatic heterocycles. The quantitative estimate of drug-likeness (QED) is 0.735. The highest BCUT2D eigenvalue weighted by Gasteiger charge is 2.20. The molecule has 0 atom stereocenters. The average Bonchev–Trinajstić information content (AvgIpc) is 2.76. The predicted molar refractivity (Wildman–Crippen MR) is 97.3 cm³/mol. The van der Waals surface area contributed by atoms with E-state index >= 15 is 0 Å². The van der Waals surface area contributed by atoms with Gasteiger partial charge in [0.05, 0.1) is 13.2 Å². The monoisotopic (exact) mass is 385 g/mol. The lowest BCUT2D eigenvalue weighted by atomic mass is 10.3. The van der Waals surface area contributed by atoms with Crippen molar-refractivity contribution in [3.8, 4) is 0 Å². The number of amides is 1. The number of halogens is 2. The number of aryl methyl sites for hydroxylation is 1. The topological polar surface area (TPSA) is 70.6 Å². The number of hydrogen-bond donors (Lipinski definition) is 1. The van der Waals surface area contributed by atoms with Crippen LogP contribution in [-0.2, 0) is 9.53 Å². The SMILES string of the molecule is COCCNCC(=O)N1CCCN(c2nc(C)ns2)CC1.Cl.Cl. The van der Waals surface area contributed by atoms with E-state index in [2.05, 4.69) is 19.6 Å². The summed E-state index contributed by atoms with van der Waals surface area (Å²) in [5.74, 6) is 0.968. The van der Waals surface area contributed by atoms with Gasteiger partial charge in [0.25, 0.3) is 0 Å². The summed E-state index contributed by atoms with van der Waals surface area (Å²) in [5, 5.41) is 4.06. The van der Waals surface area contributed by atoms with Crippen LogP contribution in [0.2, 0.25) is 0 Å². The summed E-state index contributed by atoms with van der Waals surface area (Å²) in [6.07, 6.45) is 0.961. The second kappa shape index (κ2) is 11.8. The fourth-order valence-corrected chi connectivity index (χ4v) is 2.98. The van der Waals surface area contributed by atoms with Crippen LogP contribution in [0.4, 0.5) is 5.13 Å². The van der Waals surface area contributed by atoms with Crippen molar-refractivity contribution in [3.05, 3.63) is 5.82 Å². The van der Waals surface area contributed by atoms with Crippen molar-refractivity contribution >= 4 is 47.4 Å². The fraction of sp³-hybridized carbons (Fsp3) is 0.769. The van der Waals surface area contributed by atoms with Crippen LogP contribution in [0.25, 0.3) is 0 Å². The van der Waals surface area contributed by atoms with Gasteiger partial charge in [0.1, 0.15) is 5.82 Å². The smallest absolute Gasteiger partial charge is 0.236 e. The highest BCUT2D eigenvalue weighted by atomic mass is 35.5. The molecule has 1 aliphatic rings. The van der Waals surface area contributed by atoms with Crippen molar-refractivity contribution in [2.45, 2.75) is 13.3 Å². The number of nitrogens with zero attached hydrogens (tertiary/aromatic N) is 4. The lowest BCUT2D eigenvalue weighted by Crippen LogP contribution is -2.41. The zero-order chi connectivity index (χ0) is 15.1. The molecule has 0 radical (unpaired) electrons. The first kappa shape index (κ1) is 22.3. The Morgan fingerprint density at radius 2 is 2.09 bits per heavy atom. The number of aromatic nitrogens is 2. The van der Waals surface area contributed by atoms with Gasteiger partial charge in [-0.05, 0) is 13.3 Å². The van der Waals surface area contributed by atoms with E-state index in [1.165, 1.54) is 11.5 Å². The number of anilines is 1. The van der Waals surface area contributed by atoms with Gasteiger partial charge in [-0.3, -0.25) is 4.79 Å². The van der Waals surface area contributed by atoms with Crippen LogP contribution in [0.15, 0.2) is 0 Å². The molecule has 2 rings (SSSR count). The van der Waals surface area contributed by atoms with Gasteiger partial charge in [-0.2, -0.15) is 4.37 Å². The molecule has 1 amide bonds. The fourth-order valence-electron chi connectivity index (χ4n) is 2.25. The van der Waals surface area contributed by atoms with Crippen molar-refractivity contribution in [2.75, 3.05) is 57.9 Å². The van der Waals surface area contributed by atoms with Crippen LogP contribution in [0, 0.1) is 6.92 Å². The first-order chi connectivity index (χ1) is 10.2. The van der Waals surface area contributed by atoms with Crippen LogP contribution in [0.3, 0.4) is 0 Å². The third-order valence-electron chi connectivity index (χ3n) is 3.40. The van der Waals surface area contributed by atoms with Crippen molar-refractivity contribution < 1.29 is 9.53 Å². The number of rotatable bonds is 6. The van der Waals surface area contributed by atoms with Crippen LogP contribution in [0.5, 0.6) is 0 Å². The average molecular weight is 386 g/mol. The molecular weight excluding hydrogens is 361 g/mol. The van der Waals surface area contributed by atoms with Crippen LogP contribution < -0.4 is 10.2 Å². The summed E-state index contributed by atoms with van der Waals surface area (Å²) in [5.41, 5.74) is 0. The van der Waals surface area contributed by atoms with Gasteiger partial charge in [-0.1, -0.05) is 0 Å². The Kier molecular flexibility index (Phi) is 11.5. The molecule has 0 bridgehead atoms. The van der Waals surface area contributed by atoms with E-state index in [-0.39, 0.29) is 30.7 Å². The summed E-state index contributed by atoms with van der Waals surface area (Å²) < 4.78 is 9.17. The van der Waals surface area contributed by atoms with Gasteiger partial charge >= 0.3 is 0 Å². The van der Waals surface area contributed by atoms with Gasteiger partial charge in [-0.25, -0.2) is 4.98 Å². The molecule has 1 saturated heterocycles. The minimum Gasteiger partial charge on any atom is -0.383 e. The number of ether oxygens (including phenoxy) is 1. The van der Waals surface area contributed by atoms with Crippen molar-refractivity contribution in [1.82, 2.24) is 19.6 Å². The van der Waals surface area contributed by atoms with Crippen LogP contribution in [-0.4, -0.2) is 73.1 Å². The number of carbonyl (C=O) groups is 1. The molecule has 0 saturated carbocycles. The van der Waals surface area contributed by atoms with Gasteiger partial charge in [0.2, 0.25) is 11.0 Å². The zero-order valence-corrected chi connectivity index (χ0v) is 15.9. The molecule has 7 nitrogen and oxygen atoms in total. The summed E-state index contributed by atoms with van der Waals surface area (Å²) >= 11 is 1.43. The molecular formula is C13H25Cl2N5O2S. The van der Waals surface area contributed by atoms with Gasteiger partial charge in [0, 0.05) is 51.4 Å². The van der Waals surface area contributed by atoms with Crippen LogP contribution >= 0.6 is 36.3 Å². The van der Waals surface area contributed by atoms with E-state index in [1.807, 2.05) is 11.8 Å². The first-order valence-corrected chi connectivity index (χ1v) is 8.00. The Morgan fingerprint density at radius 3 is 2.74 bits per heavy atom. The first-order valence-electron chi connectivity index (χ1n) is 7.23. The molecule has 1 fully saturated rings. The molecule has 0 aliphatic carbocycles. The lowest BCUT2D eigenvalue weighted by molar-refractivity contribution is -0.130. The van der Waals surface area contributed by atoms with E-state index < -0.39 is 0 Å². The van der Waals surface area contributed by atoms with Gasteiger partial charge in [0.15, 0.2) is 0 Å². The highest BCUT2D eigenvalue weighted by Crippen LogP contribution is 2.18. The molecule has 0 unspecified atom stereocenters. The van der Waals surface area contributed by atoms with Crippen molar-refractivity contribution in [1.29, 1.82) is 0 Å². The van der Waals surface area contributed by atoms with Gasteiger partial charge in [-0.15, -0.1) is 24.8 Å². The predicted octanol–water partition coefficient (Wildman–Crippen LogP) is 0.965. The molecule has 1 aliphatic heterocycles. The van der Waals surface area contributed by atoms with Crippen LogP contribution in [0.1, 0.15) is 12.2 Å². The van der Waals surface area contributed by atoms with E-state index in [1.54, 1.807) is 7.11 Å². The van der Waals surface area contributed by atoms with Gasteiger partial charge < -0.3 is 19.9 Å². The zero-order valence-electron chi connectivity index (χ0n) is 13.5. The summed E-state index contributed by atoms with van der Waals surface area (Å²) in [7, 11) is 1.65. The lowest BCUT2D eigenvalue weighted by Gasteiger charge is -2.21. The molecule has 10 heteroatoms. The highest BCUT2D eigenvalue weighted by molar-refractivity contribution is 7.09. The molecule has 2 heterocycles. The minimum atomic E-state index is 0. The van der Waals surface area contributed by atoms with E-state index in [4.69, 9.17) is 4.74 Å². The number of carbonyl (C=O) groups excluding carboxylic acids is 1. The minimum absolute atomic E-state index is 0. The molecule has 134 valence electrons. The summed E-state index contributed by atoms with van der Waals surface area (Å²) in [4.78, 5) is 20.7. The molecule has 0 spiro atoms. The third kappa shape index (κ3) is 7.17. The van der Waals surface area contributed by atoms with E-state index in [9.17, 15) is 4.79 Å². The molecule has 1 N–H and O–H groups in total. The summed E-state index contributed by atoms with van der Waals surface area (Å²) in [6, 6.07) is 0. The number of hydrogen-bond acceptors (Lipinski definition) is 7. The second-order valence-electron chi connectivity index (χ2n) is 5.02. The van der Waals surface area contributed by atoms with Crippen molar-refractivity contribution in [2.24, 2.45) is 0 Å². The van der Waals surface area contributed by atoms with E-state index in [0.29, 0.717) is 19.7 Å². The molecule has 23 heavy (non-hydrogen) atoms. The largest absolute Gasteiger partial charge is 0.383 e. The Labute approximate surface area is 153 Å². The molecule has 1 aromatic rings. The summed E-state index contributed by atoms with van der Waals surface area (Å²) in [6.45, 7) is 6.89. The maximum atomic E-state index is 12.1. The molecule has 0 aromatic carbocycles. The maximum Gasteiger partial charge on any atom is 0.236 e. The Morgan fingerprint density at radius 1 is 1.30 bits per heavy atom. The Hall–Kier alpha value is -0.670. The second-order valence-corrected chi connectivity index (χ2v) is 5.75. The standard InChI is InChI=1S/C13H23N5O2S.2ClH/c1-11-15-13(21-16-11)18-6-3-5-17(7-8-18)12(19)10-14-4-9-20-2;;/h14H,3-10H2,1-2H3;2*1H.